The third-order valence-corrected chi connectivity index (χ3v) is 3.82. The third kappa shape index (κ3) is 5.06. The van der Waals surface area contributed by atoms with Crippen LogP contribution < -0.4 is 16.2 Å². The van der Waals surface area contributed by atoms with Crippen molar-refractivity contribution in [2.24, 2.45) is 0 Å². The fourth-order valence-corrected chi connectivity index (χ4v) is 2.37. The molecule has 6 nitrogen and oxygen atoms in total. The maximum atomic E-state index is 11.9. The monoisotopic (exact) mass is 423 g/mol. The van der Waals surface area contributed by atoms with E-state index in [1.807, 2.05) is 28.7 Å². The zero-order valence-electron chi connectivity index (χ0n) is 12.0. The fraction of sp³-hybridized carbons (Fsp3) is 0.0625. The Morgan fingerprint density at radius 1 is 0.826 bits per heavy atom. The molecule has 0 saturated heterocycles. The van der Waals surface area contributed by atoms with Gasteiger partial charge < -0.3 is 5.32 Å². The number of hydrazine groups is 1. The maximum Gasteiger partial charge on any atom is 0.269 e. The van der Waals surface area contributed by atoms with Gasteiger partial charge in [0.1, 0.15) is 0 Å². The Morgan fingerprint density at radius 2 is 1.48 bits per heavy atom. The summed E-state index contributed by atoms with van der Waals surface area (Å²) < 4.78 is 0.792. The number of rotatable bonds is 4. The number of carbonyl (C=O) groups excluding carboxylic acids is 3. The SMILES string of the molecule is O=C(CNC(=O)c1ccccc1I)NNC(=O)c1ccccc1. The molecule has 0 atom stereocenters. The molecule has 0 spiro atoms. The Labute approximate surface area is 146 Å². The van der Waals surface area contributed by atoms with Crippen molar-refractivity contribution >= 4 is 40.3 Å². The summed E-state index contributed by atoms with van der Waals surface area (Å²) in [6.07, 6.45) is 0. The van der Waals surface area contributed by atoms with Gasteiger partial charge in [-0.15, -0.1) is 0 Å². The van der Waals surface area contributed by atoms with Crippen molar-refractivity contribution < 1.29 is 14.4 Å². The van der Waals surface area contributed by atoms with Crippen molar-refractivity contribution in [2.45, 2.75) is 0 Å². The van der Waals surface area contributed by atoms with Crippen LogP contribution in [-0.2, 0) is 4.79 Å². The maximum absolute atomic E-state index is 11.9. The van der Waals surface area contributed by atoms with Gasteiger partial charge in [0.05, 0.1) is 12.1 Å². The lowest BCUT2D eigenvalue weighted by Gasteiger charge is -2.09. The quantitative estimate of drug-likeness (QED) is 0.515. The standard InChI is InChI=1S/C16H14IN3O3/c17-13-9-5-4-8-12(13)16(23)18-10-14(21)19-20-15(22)11-6-2-1-3-7-11/h1-9H,10H2,(H,18,23)(H,19,21)(H,20,22). The summed E-state index contributed by atoms with van der Waals surface area (Å²) in [6, 6.07) is 15.5. The van der Waals surface area contributed by atoms with Crippen molar-refractivity contribution in [2.75, 3.05) is 6.54 Å². The normalized spacial score (nSPS) is 9.78. The van der Waals surface area contributed by atoms with Gasteiger partial charge in [0, 0.05) is 9.13 Å². The summed E-state index contributed by atoms with van der Waals surface area (Å²) in [7, 11) is 0. The van der Waals surface area contributed by atoms with Crippen LogP contribution in [0.15, 0.2) is 54.6 Å². The van der Waals surface area contributed by atoms with Gasteiger partial charge in [-0.3, -0.25) is 25.2 Å². The number of hydrogen-bond donors (Lipinski definition) is 3. The first-order chi connectivity index (χ1) is 11.1. The van der Waals surface area contributed by atoms with Crippen molar-refractivity contribution in [3.63, 3.8) is 0 Å². The molecule has 118 valence electrons. The van der Waals surface area contributed by atoms with Crippen LogP contribution in [0.25, 0.3) is 0 Å². The second kappa shape index (κ2) is 8.28. The van der Waals surface area contributed by atoms with Gasteiger partial charge in [0.25, 0.3) is 17.7 Å². The van der Waals surface area contributed by atoms with Crippen molar-refractivity contribution in [3.8, 4) is 0 Å². The first-order valence-electron chi connectivity index (χ1n) is 6.75. The zero-order chi connectivity index (χ0) is 16.7. The molecule has 0 aromatic heterocycles. The molecular weight excluding hydrogens is 409 g/mol. The summed E-state index contributed by atoms with van der Waals surface area (Å²) in [5.74, 6) is -1.30. The lowest BCUT2D eigenvalue weighted by molar-refractivity contribution is -0.120. The van der Waals surface area contributed by atoms with Gasteiger partial charge in [0.2, 0.25) is 0 Å². The van der Waals surface area contributed by atoms with E-state index in [2.05, 4.69) is 16.2 Å². The Kier molecular flexibility index (Phi) is 6.10. The topological polar surface area (TPSA) is 87.3 Å². The summed E-state index contributed by atoms with van der Waals surface area (Å²) in [5, 5.41) is 2.50. The second-order valence-corrected chi connectivity index (χ2v) is 5.69. The predicted octanol–water partition coefficient (Wildman–Crippen LogP) is 1.48. The molecule has 0 radical (unpaired) electrons. The number of halogens is 1. The van der Waals surface area contributed by atoms with Crippen LogP contribution in [0.4, 0.5) is 0 Å². The smallest absolute Gasteiger partial charge is 0.269 e. The molecule has 7 heteroatoms. The summed E-state index contributed by atoms with van der Waals surface area (Å²) in [5.41, 5.74) is 5.45. The molecule has 0 aliphatic rings. The van der Waals surface area contributed by atoms with Crippen LogP contribution in [0.2, 0.25) is 0 Å². The minimum absolute atomic E-state index is 0.237. The average molecular weight is 423 g/mol. The highest BCUT2D eigenvalue weighted by atomic mass is 127. The van der Waals surface area contributed by atoms with E-state index in [0.29, 0.717) is 11.1 Å². The van der Waals surface area contributed by atoms with Gasteiger partial charge >= 0.3 is 0 Å². The molecule has 0 heterocycles. The highest BCUT2D eigenvalue weighted by Gasteiger charge is 2.11. The van der Waals surface area contributed by atoms with E-state index in [4.69, 9.17) is 0 Å². The van der Waals surface area contributed by atoms with Gasteiger partial charge in [-0.2, -0.15) is 0 Å². The van der Waals surface area contributed by atoms with E-state index in [1.54, 1.807) is 48.5 Å². The van der Waals surface area contributed by atoms with E-state index < -0.39 is 11.8 Å². The van der Waals surface area contributed by atoms with Crippen LogP contribution in [0.3, 0.4) is 0 Å². The highest BCUT2D eigenvalue weighted by molar-refractivity contribution is 14.1. The second-order valence-electron chi connectivity index (χ2n) is 4.53. The average Bonchev–Trinajstić information content (AvgIpc) is 2.58. The Bertz CT molecular complexity index is 720. The largest absolute Gasteiger partial charge is 0.343 e. The van der Waals surface area contributed by atoms with Gasteiger partial charge in [-0.25, -0.2) is 0 Å². The summed E-state index contributed by atoms with van der Waals surface area (Å²) in [4.78, 5) is 35.3. The van der Waals surface area contributed by atoms with Crippen LogP contribution in [-0.4, -0.2) is 24.3 Å². The third-order valence-electron chi connectivity index (χ3n) is 2.88. The number of carbonyl (C=O) groups is 3. The molecule has 2 aromatic rings. The van der Waals surface area contributed by atoms with Gasteiger partial charge in [-0.1, -0.05) is 30.3 Å². The Balaban J connectivity index is 1.78. The van der Waals surface area contributed by atoms with Gasteiger partial charge in [0.15, 0.2) is 0 Å². The van der Waals surface area contributed by atoms with Crippen LogP contribution in [0, 0.1) is 3.57 Å². The lowest BCUT2D eigenvalue weighted by Crippen LogP contribution is -2.46. The minimum atomic E-state index is -0.520. The first-order valence-corrected chi connectivity index (χ1v) is 7.83. The molecule has 3 N–H and O–H groups in total. The summed E-state index contributed by atoms with van der Waals surface area (Å²) >= 11 is 2.05. The molecule has 3 amide bonds. The van der Waals surface area contributed by atoms with Crippen LogP contribution >= 0.6 is 22.6 Å². The highest BCUT2D eigenvalue weighted by Crippen LogP contribution is 2.10. The Hall–Kier alpha value is -2.42. The predicted molar refractivity (Wildman–Crippen MR) is 93.5 cm³/mol. The van der Waals surface area contributed by atoms with E-state index >= 15 is 0 Å². The number of hydrogen-bond acceptors (Lipinski definition) is 3. The molecule has 0 aliphatic carbocycles. The summed E-state index contributed by atoms with van der Waals surface area (Å²) in [6.45, 7) is -0.237. The van der Waals surface area contributed by atoms with Gasteiger partial charge in [-0.05, 0) is 46.9 Å². The van der Waals surface area contributed by atoms with Crippen molar-refractivity contribution in [1.82, 2.24) is 16.2 Å². The molecule has 2 aromatic carbocycles. The van der Waals surface area contributed by atoms with Crippen molar-refractivity contribution in [1.29, 1.82) is 0 Å². The number of benzene rings is 2. The molecule has 0 bridgehead atoms. The molecule has 23 heavy (non-hydrogen) atoms. The van der Waals surface area contributed by atoms with Crippen molar-refractivity contribution in [3.05, 3.63) is 69.3 Å². The minimum Gasteiger partial charge on any atom is -0.343 e. The Morgan fingerprint density at radius 3 is 2.17 bits per heavy atom. The lowest BCUT2D eigenvalue weighted by atomic mass is 10.2. The molecule has 0 fully saturated rings. The van der Waals surface area contributed by atoms with E-state index in [-0.39, 0.29) is 12.5 Å². The molecular formula is C16H14IN3O3. The first kappa shape index (κ1) is 16.9. The molecule has 0 saturated carbocycles. The number of nitrogens with one attached hydrogen (secondary N) is 3. The molecule has 0 unspecified atom stereocenters. The molecule has 2 rings (SSSR count). The number of amides is 3. The fourth-order valence-electron chi connectivity index (χ4n) is 1.73. The zero-order valence-corrected chi connectivity index (χ0v) is 14.2. The molecule has 0 aliphatic heterocycles. The van der Waals surface area contributed by atoms with E-state index in [0.717, 1.165) is 3.57 Å². The van der Waals surface area contributed by atoms with Crippen LogP contribution in [0.5, 0.6) is 0 Å². The van der Waals surface area contributed by atoms with E-state index in [9.17, 15) is 14.4 Å². The van der Waals surface area contributed by atoms with E-state index in [1.165, 1.54) is 0 Å². The van der Waals surface area contributed by atoms with Crippen LogP contribution in [0.1, 0.15) is 20.7 Å².